The molecule has 0 bridgehead atoms. The first kappa shape index (κ1) is 16.1. The van der Waals surface area contributed by atoms with Gasteiger partial charge in [0, 0.05) is 12.1 Å². The monoisotopic (exact) mass is 346 g/mol. The number of anilines is 1. The van der Waals surface area contributed by atoms with Gasteiger partial charge >= 0.3 is 0 Å². The number of benzene rings is 2. The molecule has 1 aliphatic heterocycles. The lowest BCUT2D eigenvalue weighted by Gasteiger charge is -2.19. The molecule has 2 N–H and O–H groups in total. The average Bonchev–Trinajstić information content (AvgIpc) is 3.45. The quantitative estimate of drug-likeness (QED) is 0.834. The van der Waals surface area contributed by atoms with E-state index in [-0.39, 0.29) is 17.6 Å². The highest BCUT2D eigenvalue weighted by Gasteiger charge is 2.23. The van der Waals surface area contributed by atoms with Crippen LogP contribution in [0.4, 0.5) is 5.69 Å². The van der Waals surface area contributed by atoms with Crippen LogP contribution in [0.5, 0.6) is 5.75 Å². The molecule has 1 fully saturated rings. The fourth-order valence-electron chi connectivity index (χ4n) is 2.68. The van der Waals surface area contributed by atoms with Gasteiger partial charge in [-0.1, -0.05) is 36.4 Å². The Morgan fingerprint density at radius 2 is 1.81 bits per heavy atom. The Bertz CT molecular complexity index is 926. The van der Waals surface area contributed by atoms with E-state index >= 15 is 0 Å². The van der Waals surface area contributed by atoms with E-state index in [0.29, 0.717) is 17.5 Å². The second-order valence-electron chi connectivity index (χ2n) is 6.31. The molecule has 0 unspecified atom stereocenters. The highest BCUT2D eigenvalue weighted by molar-refractivity contribution is 6.08. The highest BCUT2D eigenvalue weighted by atomic mass is 16.5. The van der Waals surface area contributed by atoms with Crippen LogP contribution < -0.4 is 15.4 Å². The number of fused-ring (bicyclic) bond motifs is 1. The number of ether oxygens (including phenoxy) is 1. The van der Waals surface area contributed by atoms with Crippen molar-refractivity contribution in [3.8, 4) is 5.75 Å². The molecule has 2 aromatic carbocycles. The fraction of sp³-hybridized carbons (Fsp3) is 0.143. The number of carbonyl (C=O) groups is 2. The van der Waals surface area contributed by atoms with Crippen molar-refractivity contribution in [1.82, 2.24) is 5.32 Å². The summed E-state index contributed by atoms with van der Waals surface area (Å²) in [7, 11) is 0. The van der Waals surface area contributed by atoms with Crippen molar-refractivity contribution in [3.05, 3.63) is 71.5 Å². The summed E-state index contributed by atoms with van der Waals surface area (Å²) in [6, 6.07) is 15.1. The van der Waals surface area contributed by atoms with Crippen molar-refractivity contribution in [2.75, 3.05) is 5.32 Å². The zero-order valence-electron chi connectivity index (χ0n) is 14.1. The van der Waals surface area contributed by atoms with Gasteiger partial charge < -0.3 is 15.4 Å². The molecule has 0 atom stereocenters. The zero-order valence-corrected chi connectivity index (χ0v) is 14.1. The van der Waals surface area contributed by atoms with Crippen LogP contribution in [0.15, 0.2) is 60.4 Å². The number of hydrogen-bond acceptors (Lipinski definition) is 3. The van der Waals surface area contributed by atoms with E-state index in [2.05, 4.69) is 10.6 Å². The second kappa shape index (κ2) is 6.88. The third-order valence-corrected chi connectivity index (χ3v) is 4.20. The number of carbonyl (C=O) groups excluding carboxylic acids is 2. The smallest absolute Gasteiger partial charge is 0.291 e. The molecular weight excluding hydrogens is 328 g/mol. The summed E-state index contributed by atoms with van der Waals surface area (Å²) in [5.74, 6) is 0.423. The Kier molecular flexibility index (Phi) is 4.27. The predicted octanol–water partition coefficient (Wildman–Crippen LogP) is 3.35. The molecule has 1 saturated carbocycles. The van der Waals surface area contributed by atoms with E-state index in [4.69, 9.17) is 4.74 Å². The van der Waals surface area contributed by atoms with Gasteiger partial charge in [-0.05, 0) is 48.3 Å². The maximum atomic E-state index is 12.3. The van der Waals surface area contributed by atoms with Crippen LogP contribution in [0.1, 0.15) is 24.0 Å². The Labute approximate surface area is 151 Å². The third-order valence-electron chi connectivity index (χ3n) is 4.20. The minimum Gasteiger partial charge on any atom is -0.449 e. The number of para-hydroxylation sites is 2. The minimum atomic E-state index is -0.297. The molecule has 1 aliphatic carbocycles. The summed E-state index contributed by atoms with van der Waals surface area (Å²) in [5.41, 5.74) is 2.29. The summed E-state index contributed by atoms with van der Waals surface area (Å²) < 4.78 is 5.74. The molecule has 5 heteroatoms. The molecular formula is C21H18N2O3. The molecule has 130 valence electrons. The fourth-order valence-corrected chi connectivity index (χ4v) is 2.68. The molecule has 0 saturated heterocycles. The summed E-state index contributed by atoms with van der Waals surface area (Å²) in [6.07, 6.45) is 7.06. The first-order chi connectivity index (χ1) is 12.7. The average molecular weight is 346 g/mol. The van der Waals surface area contributed by atoms with Gasteiger partial charge in [-0.2, -0.15) is 0 Å². The largest absolute Gasteiger partial charge is 0.449 e. The van der Waals surface area contributed by atoms with Crippen LogP contribution in [0.25, 0.3) is 12.2 Å². The molecule has 26 heavy (non-hydrogen) atoms. The normalized spacial score (nSPS) is 17.5. The molecule has 4 rings (SSSR count). The lowest BCUT2D eigenvalue weighted by molar-refractivity contribution is -0.116. The van der Waals surface area contributed by atoms with Gasteiger partial charge in [0.1, 0.15) is 0 Å². The van der Waals surface area contributed by atoms with Crippen molar-refractivity contribution in [3.63, 3.8) is 0 Å². The van der Waals surface area contributed by atoms with Crippen molar-refractivity contribution in [2.45, 2.75) is 18.9 Å². The van der Waals surface area contributed by atoms with Gasteiger partial charge in [0.15, 0.2) is 11.5 Å². The minimum absolute atomic E-state index is 0.101. The topological polar surface area (TPSA) is 67.4 Å². The maximum absolute atomic E-state index is 12.3. The Balaban J connectivity index is 1.58. The van der Waals surface area contributed by atoms with Crippen molar-refractivity contribution < 1.29 is 14.3 Å². The number of hydrogen-bond donors (Lipinski definition) is 2. The Hall–Kier alpha value is -3.34. The molecule has 2 amide bonds. The van der Waals surface area contributed by atoms with Gasteiger partial charge in [0.2, 0.25) is 5.91 Å². The maximum Gasteiger partial charge on any atom is 0.291 e. The molecule has 1 heterocycles. The van der Waals surface area contributed by atoms with Crippen LogP contribution in [0, 0.1) is 0 Å². The van der Waals surface area contributed by atoms with Gasteiger partial charge in [-0.25, -0.2) is 0 Å². The van der Waals surface area contributed by atoms with Gasteiger partial charge in [-0.15, -0.1) is 0 Å². The predicted molar refractivity (Wildman–Crippen MR) is 100 cm³/mol. The van der Waals surface area contributed by atoms with Gasteiger partial charge in [0.05, 0.1) is 5.69 Å². The number of rotatable bonds is 4. The van der Waals surface area contributed by atoms with E-state index < -0.39 is 0 Å². The summed E-state index contributed by atoms with van der Waals surface area (Å²) >= 11 is 0. The first-order valence-corrected chi connectivity index (χ1v) is 8.56. The summed E-state index contributed by atoms with van der Waals surface area (Å²) in [6.45, 7) is 0. The summed E-state index contributed by atoms with van der Waals surface area (Å²) in [4.78, 5) is 24.1. The van der Waals surface area contributed by atoms with E-state index in [9.17, 15) is 9.59 Å². The first-order valence-electron chi connectivity index (χ1n) is 8.56. The SMILES string of the molecule is O=C(/C=C/c1ccccc1/C=C1\Oc2ccccc2NC1=O)NC1CC1. The number of nitrogens with one attached hydrogen (secondary N) is 2. The van der Waals surface area contributed by atoms with E-state index in [1.54, 1.807) is 24.3 Å². The molecule has 5 nitrogen and oxygen atoms in total. The van der Waals surface area contributed by atoms with E-state index in [0.717, 1.165) is 24.0 Å². The molecule has 0 spiro atoms. The van der Waals surface area contributed by atoms with Crippen LogP contribution in [-0.4, -0.2) is 17.9 Å². The van der Waals surface area contributed by atoms with E-state index in [1.807, 2.05) is 36.4 Å². The standard InChI is InChI=1S/C21H18N2O3/c24-20(22-16-10-11-16)12-9-14-5-1-2-6-15(14)13-19-21(25)23-17-7-3-4-8-18(17)26-19/h1-9,12-13,16H,10-11H2,(H,22,24)(H,23,25)/b12-9+,19-13-. The lowest BCUT2D eigenvalue weighted by Crippen LogP contribution is -2.23. The second-order valence-corrected chi connectivity index (χ2v) is 6.31. The molecule has 0 aromatic heterocycles. The van der Waals surface area contributed by atoms with Crippen LogP contribution in [-0.2, 0) is 9.59 Å². The van der Waals surface area contributed by atoms with E-state index in [1.165, 1.54) is 6.08 Å². The Morgan fingerprint density at radius 1 is 1.08 bits per heavy atom. The Morgan fingerprint density at radius 3 is 2.62 bits per heavy atom. The zero-order chi connectivity index (χ0) is 17.9. The van der Waals surface area contributed by atoms with Gasteiger partial charge in [0.25, 0.3) is 5.91 Å². The lowest BCUT2D eigenvalue weighted by atomic mass is 10.1. The van der Waals surface area contributed by atoms with Crippen LogP contribution >= 0.6 is 0 Å². The summed E-state index contributed by atoms with van der Waals surface area (Å²) in [5, 5.41) is 5.73. The molecule has 2 aromatic rings. The van der Waals surface area contributed by atoms with Crippen molar-refractivity contribution >= 4 is 29.7 Å². The molecule has 2 aliphatic rings. The van der Waals surface area contributed by atoms with Crippen LogP contribution in [0.2, 0.25) is 0 Å². The van der Waals surface area contributed by atoms with Crippen molar-refractivity contribution in [2.24, 2.45) is 0 Å². The van der Waals surface area contributed by atoms with Gasteiger partial charge in [-0.3, -0.25) is 9.59 Å². The molecule has 0 radical (unpaired) electrons. The third kappa shape index (κ3) is 3.67. The van der Waals surface area contributed by atoms with Crippen LogP contribution in [0.3, 0.4) is 0 Å². The van der Waals surface area contributed by atoms with Crippen molar-refractivity contribution in [1.29, 1.82) is 0 Å². The number of amides is 2. The highest BCUT2D eigenvalue weighted by Crippen LogP contribution is 2.31.